The molecule has 6 heteroatoms. The van der Waals surface area contributed by atoms with Crippen molar-refractivity contribution in [3.8, 4) is 0 Å². The molecule has 100 valence electrons. The fraction of sp³-hybridized carbons (Fsp3) is 0.0714. The molecule has 0 aliphatic carbocycles. The lowest BCUT2D eigenvalue weighted by atomic mass is 10.1. The van der Waals surface area contributed by atoms with Gasteiger partial charge in [0.05, 0.1) is 5.39 Å². The molecule has 0 aliphatic rings. The Hall–Kier alpha value is -2.89. The summed E-state index contributed by atoms with van der Waals surface area (Å²) in [5.41, 5.74) is -0.533. The van der Waals surface area contributed by atoms with Crippen LogP contribution in [0, 0.1) is 0 Å². The summed E-state index contributed by atoms with van der Waals surface area (Å²) in [6, 6.07) is 10.1. The standard InChI is InChI=1S/C14H11N3O3/c1-17-7-6-12(16-17)15-13(18)11-8-9-4-2-3-5-10(9)14(19)20-11/h2-8H,1H3,(H,15,16,18). The van der Waals surface area contributed by atoms with Gasteiger partial charge in [-0.15, -0.1) is 0 Å². The first kappa shape index (κ1) is 12.2. The predicted molar refractivity (Wildman–Crippen MR) is 73.6 cm³/mol. The highest BCUT2D eigenvalue weighted by molar-refractivity contribution is 6.03. The van der Waals surface area contributed by atoms with Gasteiger partial charge in [0.1, 0.15) is 0 Å². The number of carbonyl (C=O) groups excluding carboxylic acids is 1. The second kappa shape index (κ2) is 4.65. The summed E-state index contributed by atoms with van der Waals surface area (Å²) in [6.07, 6.45) is 1.70. The predicted octanol–water partition coefficient (Wildman–Crippen LogP) is 1.78. The molecule has 0 saturated heterocycles. The lowest BCUT2D eigenvalue weighted by molar-refractivity contribution is 0.0992. The molecule has 2 heterocycles. The molecule has 0 radical (unpaired) electrons. The average molecular weight is 269 g/mol. The van der Waals surface area contributed by atoms with Crippen molar-refractivity contribution in [3.63, 3.8) is 0 Å². The van der Waals surface area contributed by atoms with Gasteiger partial charge in [0.2, 0.25) is 0 Å². The number of aryl methyl sites for hydroxylation is 1. The van der Waals surface area contributed by atoms with E-state index in [1.165, 1.54) is 6.07 Å². The Morgan fingerprint density at radius 2 is 2.10 bits per heavy atom. The van der Waals surface area contributed by atoms with E-state index in [2.05, 4.69) is 10.4 Å². The van der Waals surface area contributed by atoms with Gasteiger partial charge in [0.25, 0.3) is 5.91 Å². The van der Waals surface area contributed by atoms with E-state index in [1.807, 2.05) is 0 Å². The molecule has 1 amide bonds. The molecule has 0 bridgehead atoms. The Morgan fingerprint density at radius 1 is 1.30 bits per heavy atom. The summed E-state index contributed by atoms with van der Waals surface area (Å²) in [6.45, 7) is 0. The van der Waals surface area contributed by atoms with E-state index < -0.39 is 11.5 Å². The van der Waals surface area contributed by atoms with Crippen LogP contribution in [0.4, 0.5) is 5.82 Å². The Labute approximate surface area is 113 Å². The lowest BCUT2D eigenvalue weighted by Crippen LogP contribution is -2.15. The topological polar surface area (TPSA) is 77.1 Å². The summed E-state index contributed by atoms with van der Waals surface area (Å²) >= 11 is 0. The summed E-state index contributed by atoms with van der Waals surface area (Å²) < 4.78 is 6.59. The second-order valence-electron chi connectivity index (χ2n) is 4.31. The minimum atomic E-state index is -0.533. The number of hydrogen-bond acceptors (Lipinski definition) is 4. The Bertz CT molecular complexity index is 848. The Balaban J connectivity index is 1.97. The summed E-state index contributed by atoms with van der Waals surface area (Å²) in [5.74, 6) is -0.154. The van der Waals surface area contributed by atoms with E-state index in [9.17, 15) is 9.59 Å². The van der Waals surface area contributed by atoms with Gasteiger partial charge in [-0.25, -0.2) is 4.79 Å². The first-order valence-corrected chi connectivity index (χ1v) is 5.97. The largest absolute Gasteiger partial charge is 0.417 e. The monoisotopic (exact) mass is 269 g/mol. The lowest BCUT2D eigenvalue weighted by Gasteiger charge is -2.02. The third-order valence-electron chi connectivity index (χ3n) is 2.85. The highest BCUT2D eigenvalue weighted by Gasteiger charge is 2.13. The van der Waals surface area contributed by atoms with Crippen molar-refractivity contribution in [2.24, 2.45) is 7.05 Å². The molecule has 1 aromatic carbocycles. The molecule has 2 aromatic heterocycles. The van der Waals surface area contributed by atoms with Crippen LogP contribution in [0.25, 0.3) is 10.8 Å². The van der Waals surface area contributed by atoms with Crippen LogP contribution in [0.3, 0.4) is 0 Å². The number of carbonyl (C=O) groups is 1. The van der Waals surface area contributed by atoms with Crippen molar-refractivity contribution in [2.75, 3.05) is 5.32 Å². The SMILES string of the molecule is Cn1ccc(NC(=O)c2cc3ccccc3c(=O)o2)n1. The van der Waals surface area contributed by atoms with Crippen molar-refractivity contribution in [1.82, 2.24) is 9.78 Å². The van der Waals surface area contributed by atoms with E-state index in [0.717, 1.165) is 0 Å². The molecule has 1 N–H and O–H groups in total. The van der Waals surface area contributed by atoms with Crippen molar-refractivity contribution >= 4 is 22.5 Å². The molecule has 20 heavy (non-hydrogen) atoms. The number of hydrogen-bond donors (Lipinski definition) is 1. The number of aromatic nitrogens is 2. The number of benzene rings is 1. The van der Waals surface area contributed by atoms with E-state index in [1.54, 1.807) is 48.3 Å². The quantitative estimate of drug-likeness (QED) is 0.769. The number of nitrogens with one attached hydrogen (secondary N) is 1. The minimum absolute atomic E-state index is 0.0423. The third-order valence-corrected chi connectivity index (χ3v) is 2.85. The van der Waals surface area contributed by atoms with Crippen molar-refractivity contribution in [2.45, 2.75) is 0 Å². The van der Waals surface area contributed by atoms with Gasteiger partial charge >= 0.3 is 5.63 Å². The highest BCUT2D eigenvalue weighted by Crippen LogP contribution is 2.13. The molecule has 0 fully saturated rings. The maximum atomic E-state index is 12.0. The zero-order valence-electron chi connectivity index (χ0n) is 10.7. The molecule has 0 spiro atoms. The van der Waals surface area contributed by atoms with Gasteiger partial charge in [-0.1, -0.05) is 18.2 Å². The fourth-order valence-corrected chi connectivity index (χ4v) is 1.91. The maximum Gasteiger partial charge on any atom is 0.344 e. The van der Waals surface area contributed by atoms with Crippen molar-refractivity contribution in [3.05, 3.63) is 58.8 Å². The number of anilines is 1. The van der Waals surface area contributed by atoms with Crippen LogP contribution in [0.1, 0.15) is 10.6 Å². The number of nitrogens with zero attached hydrogens (tertiary/aromatic N) is 2. The van der Waals surface area contributed by atoms with E-state index >= 15 is 0 Å². The van der Waals surface area contributed by atoms with Crippen molar-refractivity contribution in [1.29, 1.82) is 0 Å². The van der Waals surface area contributed by atoms with Crippen LogP contribution in [0.2, 0.25) is 0 Å². The van der Waals surface area contributed by atoms with Crippen LogP contribution in [0.15, 0.2) is 51.8 Å². The molecule has 0 atom stereocenters. The van der Waals surface area contributed by atoms with Gasteiger partial charge < -0.3 is 9.73 Å². The molecule has 0 unspecified atom stereocenters. The molecule has 3 rings (SSSR count). The fourth-order valence-electron chi connectivity index (χ4n) is 1.91. The smallest absolute Gasteiger partial charge is 0.344 e. The van der Waals surface area contributed by atoms with E-state index in [0.29, 0.717) is 16.6 Å². The molecule has 0 aliphatic heterocycles. The maximum absolute atomic E-state index is 12.0. The van der Waals surface area contributed by atoms with Crippen LogP contribution in [0.5, 0.6) is 0 Å². The summed E-state index contributed by atoms with van der Waals surface area (Å²) in [7, 11) is 1.74. The molecular weight excluding hydrogens is 258 g/mol. The van der Waals surface area contributed by atoms with E-state index in [-0.39, 0.29) is 5.76 Å². The summed E-state index contributed by atoms with van der Waals surface area (Å²) in [5, 5.41) is 7.70. The molecule has 3 aromatic rings. The van der Waals surface area contributed by atoms with Crippen LogP contribution < -0.4 is 10.9 Å². The van der Waals surface area contributed by atoms with Gasteiger partial charge in [0.15, 0.2) is 11.6 Å². The molecular formula is C14H11N3O3. The average Bonchev–Trinajstić information content (AvgIpc) is 2.84. The van der Waals surface area contributed by atoms with E-state index in [4.69, 9.17) is 4.42 Å². The molecule has 6 nitrogen and oxygen atoms in total. The summed E-state index contributed by atoms with van der Waals surface area (Å²) in [4.78, 5) is 23.8. The van der Waals surface area contributed by atoms with Crippen LogP contribution in [-0.2, 0) is 7.05 Å². The van der Waals surface area contributed by atoms with Gasteiger partial charge in [-0.05, 0) is 17.5 Å². The number of rotatable bonds is 2. The zero-order chi connectivity index (χ0) is 14.1. The minimum Gasteiger partial charge on any atom is -0.417 e. The van der Waals surface area contributed by atoms with Gasteiger partial charge in [0, 0.05) is 19.3 Å². The highest BCUT2D eigenvalue weighted by atomic mass is 16.4. The van der Waals surface area contributed by atoms with Crippen molar-refractivity contribution < 1.29 is 9.21 Å². The zero-order valence-corrected chi connectivity index (χ0v) is 10.7. The van der Waals surface area contributed by atoms with Crippen LogP contribution in [-0.4, -0.2) is 15.7 Å². The van der Waals surface area contributed by atoms with Gasteiger partial charge in [-0.3, -0.25) is 9.48 Å². The first-order chi connectivity index (χ1) is 9.63. The molecule has 0 saturated carbocycles. The van der Waals surface area contributed by atoms with Crippen LogP contribution >= 0.6 is 0 Å². The third kappa shape index (κ3) is 2.18. The number of amides is 1. The first-order valence-electron chi connectivity index (χ1n) is 5.97. The second-order valence-corrected chi connectivity index (χ2v) is 4.31. The van der Waals surface area contributed by atoms with Gasteiger partial charge in [-0.2, -0.15) is 5.10 Å². The Kier molecular flexibility index (Phi) is 2.83. The number of fused-ring (bicyclic) bond motifs is 1. The normalized spacial score (nSPS) is 10.7. The Morgan fingerprint density at radius 3 is 2.85 bits per heavy atom.